The highest BCUT2D eigenvalue weighted by Gasteiger charge is 2.34. The molecule has 0 aliphatic carbocycles. The Morgan fingerprint density at radius 3 is 1.25 bits per heavy atom. The summed E-state index contributed by atoms with van der Waals surface area (Å²) >= 11 is 0. The Balaban J connectivity index is 1.37. The maximum atomic E-state index is 12.8. The van der Waals surface area contributed by atoms with Gasteiger partial charge in [0.15, 0.2) is 0 Å². The van der Waals surface area contributed by atoms with Crippen LogP contribution >= 0.6 is 0 Å². The van der Waals surface area contributed by atoms with Crippen LogP contribution in [0, 0.1) is 0 Å². The van der Waals surface area contributed by atoms with Gasteiger partial charge < -0.3 is 9.47 Å². The van der Waals surface area contributed by atoms with Crippen LogP contribution < -0.4 is 0 Å². The smallest absolute Gasteiger partial charge is 0.318 e. The van der Waals surface area contributed by atoms with E-state index in [1.54, 1.807) is 0 Å². The SMILES string of the molecule is C[N+]1(C(=O)Cc2ccc(-c3ccc(CC(=O)[N+]4(C)CCOCC4)cc3)cc2)CCOCC1. The minimum atomic E-state index is 0.242. The first-order valence-corrected chi connectivity index (χ1v) is 11.5. The van der Waals surface area contributed by atoms with Crippen LogP contribution in [0.1, 0.15) is 11.1 Å². The van der Waals surface area contributed by atoms with Gasteiger partial charge in [0.25, 0.3) is 0 Å². The number of hydrogen-bond acceptors (Lipinski definition) is 4. The number of benzene rings is 2. The van der Waals surface area contributed by atoms with Crippen LogP contribution in [0.3, 0.4) is 0 Å². The molecule has 170 valence electrons. The number of quaternary nitrogens is 2. The van der Waals surface area contributed by atoms with Crippen molar-refractivity contribution < 1.29 is 28.0 Å². The highest BCUT2D eigenvalue weighted by atomic mass is 16.5. The summed E-state index contributed by atoms with van der Waals surface area (Å²) in [6.07, 6.45) is 0.889. The molecule has 32 heavy (non-hydrogen) atoms. The average Bonchev–Trinajstić information content (AvgIpc) is 2.81. The number of hydrogen-bond donors (Lipinski definition) is 0. The maximum Gasteiger partial charge on any atom is 0.318 e. The van der Waals surface area contributed by atoms with Crippen molar-refractivity contribution in [1.29, 1.82) is 0 Å². The molecule has 2 heterocycles. The fourth-order valence-electron chi connectivity index (χ4n) is 4.35. The fourth-order valence-corrected chi connectivity index (χ4v) is 4.35. The molecule has 0 atom stereocenters. The van der Waals surface area contributed by atoms with Gasteiger partial charge in [0, 0.05) is 0 Å². The largest absolute Gasteiger partial charge is 0.370 e. The highest BCUT2D eigenvalue weighted by molar-refractivity contribution is 5.74. The monoisotopic (exact) mass is 438 g/mol. The summed E-state index contributed by atoms with van der Waals surface area (Å²) in [5.41, 5.74) is 4.29. The van der Waals surface area contributed by atoms with Crippen LogP contribution in [0.15, 0.2) is 48.5 Å². The molecular formula is C26H34N2O4+2. The van der Waals surface area contributed by atoms with Gasteiger partial charge in [-0.3, -0.25) is 8.97 Å². The number of ether oxygens (including phenoxy) is 2. The Bertz CT molecular complexity index is 861. The van der Waals surface area contributed by atoms with Crippen molar-refractivity contribution in [3.63, 3.8) is 0 Å². The summed E-state index contributed by atoms with van der Waals surface area (Å²) < 4.78 is 11.7. The Hall–Kier alpha value is -2.38. The minimum absolute atomic E-state index is 0.242. The molecular weight excluding hydrogens is 404 g/mol. The Kier molecular flexibility index (Phi) is 6.86. The van der Waals surface area contributed by atoms with Crippen molar-refractivity contribution in [2.75, 3.05) is 66.7 Å². The van der Waals surface area contributed by atoms with Gasteiger partial charge in [-0.25, -0.2) is 9.59 Å². The molecule has 0 saturated carbocycles. The second-order valence-electron chi connectivity index (χ2n) is 9.45. The fraction of sp³-hybridized carbons (Fsp3) is 0.462. The van der Waals surface area contributed by atoms with Crippen molar-refractivity contribution in [2.45, 2.75) is 12.8 Å². The van der Waals surface area contributed by atoms with E-state index in [1.165, 1.54) is 0 Å². The molecule has 2 aliphatic heterocycles. The number of carbonyl (C=O) groups is 2. The standard InChI is InChI=1S/C26H34N2O4/c1-27(11-15-31-16-12-27)25(29)19-21-3-7-23(8-4-21)24-9-5-22(6-10-24)20-26(30)28(2)13-17-32-18-14-28/h3-10H,11-20H2,1-2H3/q+2. The summed E-state index contributed by atoms with van der Waals surface area (Å²) in [7, 11) is 4.01. The van der Waals surface area contributed by atoms with E-state index in [4.69, 9.17) is 9.47 Å². The van der Waals surface area contributed by atoms with Gasteiger partial charge in [-0.15, -0.1) is 0 Å². The van der Waals surface area contributed by atoms with E-state index in [0.29, 0.717) is 48.2 Å². The lowest BCUT2D eigenvalue weighted by molar-refractivity contribution is -0.843. The number of carbonyl (C=O) groups excluding carboxylic acids is 2. The predicted octanol–water partition coefficient (Wildman–Crippen LogP) is 2.45. The molecule has 0 N–H and O–H groups in total. The molecule has 4 rings (SSSR count). The Morgan fingerprint density at radius 1 is 0.625 bits per heavy atom. The van der Waals surface area contributed by atoms with E-state index in [0.717, 1.165) is 48.4 Å². The van der Waals surface area contributed by atoms with E-state index in [9.17, 15) is 9.59 Å². The summed E-state index contributed by atoms with van der Waals surface area (Å²) in [6, 6.07) is 16.5. The Labute approximate surface area is 190 Å². The number of likely N-dealkylation sites (N-methyl/N-ethyl adjacent to an activating group) is 2. The normalized spacial score (nSPS) is 19.9. The van der Waals surface area contributed by atoms with Gasteiger partial charge in [-0.1, -0.05) is 48.5 Å². The topological polar surface area (TPSA) is 52.6 Å². The van der Waals surface area contributed by atoms with Crippen LogP contribution in [-0.2, 0) is 31.9 Å². The molecule has 0 aromatic heterocycles. The number of rotatable bonds is 5. The van der Waals surface area contributed by atoms with Crippen LogP contribution in [0.2, 0.25) is 0 Å². The first kappa shape index (κ1) is 22.8. The average molecular weight is 439 g/mol. The van der Waals surface area contributed by atoms with Crippen molar-refractivity contribution in [3.8, 4) is 11.1 Å². The zero-order valence-corrected chi connectivity index (χ0v) is 19.2. The van der Waals surface area contributed by atoms with Crippen LogP contribution in [0.5, 0.6) is 0 Å². The predicted molar refractivity (Wildman–Crippen MR) is 123 cm³/mol. The van der Waals surface area contributed by atoms with Crippen LogP contribution in [0.25, 0.3) is 11.1 Å². The summed E-state index contributed by atoms with van der Waals surface area (Å²) in [4.78, 5) is 25.6. The molecule has 2 aliphatic rings. The third-order valence-electron chi connectivity index (χ3n) is 7.07. The number of morpholine rings is 2. The molecule has 2 saturated heterocycles. The van der Waals surface area contributed by atoms with Crippen LogP contribution in [0.4, 0.5) is 0 Å². The molecule has 2 aromatic carbocycles. The van der Waals surface area contributed by atoms with Crippen molar-refractivity contribution in [1.82, 2.24) is 0 Å². The zero-order chi connectivity index (χ0) is 22.6. The van der Waals surface area contributed by atoms with Gasteiger partial charge >= 0.3 is 11.8 Å². The third-order valence-corrected chi connectivity index (χ3v) is 7.07. The van der Waals surface area contributed by atoms with Gasteiger partial charge in [0.1, 0.15) is 26.2 Å². The summed E-state index contributed by atoms with van der Waals surface area (Å²) in [6.45, 7) is 5.58. The van der Waals surface area contributed by atoms with E-state index in [2.05, 4.69) is 24.3 Å². The summed E-state index contributed by atoms with van der Waals surface area (Å²) in [5, 5.41) is 0. The zero-order valence-electron chi connectivity index (χ0n) is 19.2. The molecule has 0 bridgehead atoms. The molecule has 0 spiro atoms. The molecule has 0 unspecified atom stereocenters. The van der Waals surface area contributed by atoms with Crippen LogP contribution in [-0.4, -0.2) is 87.5 Å². The molecule has 2 amide bonds. The van der Waals surface area contributed by atoms with Gasteiger partial charge in [-0.2, -0.15) is 0 Å². The number of amides is 2. The highest BCUT2D eigenvalue weighted by Crippen LogP contribution is 2.22. The van der Waals surface area contributed by atoms with E-state index >= 15 is 0 Å². The summed E-state index contributed by atoms with van der Waals surface area (Å²) in [5.74, 6) is 0.485. The molecule has 2 fully saturated rings. The lowest BCUT2D eigenvalue weighted by atomic mass is 10.00. The van der Waals surface area contributed by atoms with Gasteiger partial charge in [0.05, 0.1) is 53.4 Å². The van der Waals surface area contributed by atoms with Gasteiger partial charge in [-0.05, 0) is 22.3 Å². The quantitative estimate of drug-likeness (QED) is 0.673. The molecule has 6 nitrogen and oxygen atoms in total. The Morgan fingerprint density at radius 2 is 0.938 bits per heavy atom. The minimum Gasteiger partial charge on any atom is -0.370 e. The first-order chi connectivity index (χ1) is 15.4. The van der Waals surface area contributed by atoms with Crippen molar-refractivity contribution >= 4 is 11.8 Å². The maximum absolute atomic E-state index is 12.8. The third kappa shape index (κ3) is 5.15. The number of nitrogens with zero attached hydrogens (tertiary/aromatic N) is 2. The van der Waals surface area contributed by atoms with E-state index in [1.807, 2.05) is 38.4 Å². The lowest BCUT2D eigenvalue weighted by Crippen LogP contribution is -2.56. The van der Waals surface area contributed by atoms with E-state index < -0.39 is 0 Å². The first-order valence-electron chi connectivity index (χ1n) is 11.5. The second kappa shape index (κ2) is 9.63. The molecule has 0 radical (unpaired) electrons. The van der Waals surface area contributed by atoms with Crippen molar-refractivity contribution in [3.05, 3.63) is 59.7 Å². The van der Waals surface area contributed by atoms with Crippen molar-refractivity contribution in [2.24, 2.45) is 0 Å². The van der Waals surface area contributed by atoms with E-state index in [-0.39, 0.29) is 11.8 Å². The second-order valence-corrected chi connectivity index (χ2v) is 9.45. The van der Waals surface area contributed by atoms with Gasteiger partial charge in [0.2, 0.25) is 0 Å². The molecule has 6 heteroatoms. The molecule has 2 aromatic rings. The lowest BCUT2D eigenvalue weighted by Gasteiger charge is -2.34.